The number of rotatable bonds is 9. The highest BCUT2D eigenvalue weighted by atomic mass is 32.2. The Hall–Kier alpha value is -0.550. The molecule has 1 saturated heterocycles. The molecule has 0 amide bonds. The van der Waals surface area contributed by atoms with Gasteiger partial charge in [0.15, 0.2) is 0 Å². The number of morpholine rings is 1. The number of hydrogen-bond donors (Lipinski definition) is 1. The molecule has 1 fully saturated rings. The third kappa shape index (κ3) is 6.75. The van der Waals surface area contributed by atoms with Crippen LogP contribution in [0, 0.1) is 0 Å². The van der Waals surface area contributed by atoms with Crippen molar-refractivity contribution in [3.8, 4) is 0 Å². The van der Waals surface area contributed by atoms with Gasteiger partial charge < -0.3 is 10.1 Å². The van der Waals surface area contributed by atoms with Gasteiger partial charge >= 0.3 is 0 Å². The molecule has 1 aromatic carbocycles. The Morgan fingerprint density at radius 2 is 1.90 bits per heavy atom. The van der Waals surface area contributed by atoms with Crippen LogP contribution in [-0.4, -0.2) is 56.6 Å². The maximum Gasteiger partial charge on any atom is 0.0594 e. The number of hydrogen-bond acceptors (Lipinski definition) is 4. The van der Waals surface area contributed by atoms with E-state index >= 15 is 0 Å². The third-order valence-corrected chi connectivity index (χ3v) is 4.50. The Kier molecular flexibility index (Phi) is 8.09. The molecule has 0 aromatic heterocycles. The molecule has 1 aliphatic heterocycles. The minimum Gasteiger partial charge on any atom is -0.379 e. The van der Waals surface area contributed by atoms with E-state index in [1.807, 2.05) is 11.8 Å². The van der Waals surface area contributed by atoms with Crippen molar-refractivity contribution in [3.05, 3.63) is 35.9 Å². The van der Waals surface area contributed by atoms with Gasteiger partial charge in [-0.3, -0.25) is 4.90 Å². The smallest absolute Gasteiger partial charge is 0.0594 e. The number of nitrogens with zero attached hydrogens (tertiary/aromatic N) is 1. The van der Waals surface area contributed by atoms with E-state index in [2.05, 4.69) is 40.5 Å². The molecule has 0 bridgehead atoms. The highest BCUT2D eigenvalue weighted by Gasteiger charge is 2.08. The van der Waals surface area contributed by atoms with Crippen molar-refractivity contribution < 1.29 is 4.74 Å². The second-order valence-electron chi connectivity index (χ2n) is 5.10. The molecule has 0 radical (unpaired) electrons. The molecule has 3 nitrogen and oxygen atoms in total. The van der Waals surface area contributed by atoms with Crippen molar-refractivity contribution in [2.45, 2.75) is 12.2 Å². The molecule has 4 heteroatoms. The van der Waals surface area contributed by atoms with Crippen LogP contribution in [0.2, 0.25) is 0 Å². The standard InChI is InChI=1S/C16H26N2OS/c1-2-5-16(6-3-1)15-20-14-8-17-7-4-9-18-10-12-19-13-11-18/h1-3,5-6,17H,4,7-15H2. The van der Waals surface area contributed by atoms with Gasteiger partial charge in [0.2, 0.25) is 0 Å². The van der Waals surface area contributed by atoms with Crippen molar-refractivity contribution in [2.24, 2.45) is 0 Å². The minimum atomic E-state index is 0.906. The van der Waals surface area contributed by atoms with E-state index in [1.54, 1.807) is 0 Å². The quantitative estimate of drug-likeness (QED) is 0.706. The Labute approximate surface area is 127 Å². The second kappa shape index (κ2) is 10.2. The van der Waals surface area contributed by atoms with E-state index < -0.39 is 0 Å². The molecule has 1 aromatic rings. The molecule has 20 heavy (non-hydrogen) atoms. The van der Waals surface area contributed by atoms with Crippen LogP contribution >= 0.6 is 11.8 Å². The zero-order valence-electron chi connectivity index (χ0n) is 12.2. The van der Waals surface area contributed by atoms with Crippen molar-refractivity contribution in [1.29, 1.82) is 0 Å². The molecule has 0 spiro atoms. The summed E-state index contributed by atoms with van der Waals surface area (Å²) < 4.78 is 5.35. The van der Waals surface area contributed by atoms with Gasteiger partial charge in [-0.05, 0) is 25.1 Å². The first kappa shape index (κ1) is 15.8. The maximum atomic E-state index is 5.35. The average molecular weight is 294 g/mol. The van der Waals surface area contributed by atoms with E-state index in [0.29, 0.717) is 0 Å². The van der Waals surface area contributed by atoms with Gasteiger partial charge in [-0.1, -0.05) is 30.3 Å². The average Bonchev–Trinajstić information content (AvgIpc) is 2.52. The van der Waals surface area contributed by atoms with Crippen LogP contribution in [0.25, 0.3) is 0 Å². The van der Waals surface area contributed by atoms with Gasteiger partial charge in [-0.25, -0.2) is 0 Å². The first-order valence-electron chi connectivity index (χ1n) is 7.57. The van der Waals surface area contributed by atoms with Crippen molar-refractivity contribution in [3.63, 3.8) is 0 Å². The van der Waals surface area contributed by atoms with Crippen LogP contribution in [0.4, 0.5) is 0 Å². The first-order valence-corrected chi connectivity index (χ1v) is 8.73. The SMILES string of the molecule is c1ccc(CSCCNCCCN2CCOCC2)cc1. The molecular formula is C16H26N2OS. The predicted molar refractivity (Wildman–Crippen MR) is 87.3 cm³/mol. The van der Waals surface area contributed by atoms with Gasteiger partial charge in [-0.15, -0.1) is 0 Å². The summed E-state index contributed by atoms with van der Waals surface area (Å²) in [4.78, 5) is 2.50. The first-order chi connectivity index (χ1) is 9.95. The molecule has 0 aliphatic carbocycles. The summed E-state index contributed by atoms with van der Waals surface area (Å²) in [6.07, 6.45) is 1.24. The van der Waals surface area contributed by atoms with Gasteiger partial charge in [0.05, 0.1) is 13.2 Å². The van der Waals surface area contributed by atoms with Gasteiger partial charge in [0.25, 0.3) is 0 Å². The highest BCUT2D eigenvalue weighted by molar-refractivity contribution is 7.98. The number of nitrogens with one attached hydrogen (secondary N) is 1. The van der Waals surface area contributed by atoms with E-state index in [1.165, 1.54) is 24.3 Å². The Balaban J connectivity index is 1.38. The highest BCUT2D eigenvalue weighted by Crippen LogP contribution is 2.10. The third-order valence-electron chi connectivity index (χ3n) is 3.47. The van der Waals surface area contributed by atoms with Crippen LogP contribution in [0.5, 0.6) is 0 Å². The summed E-state index contributed by atoms with van der Waals surface area (Å²) in [5.41, 5.74) is 1.42. The van der Waals surface area contributed by atoms with Gasteiger partial charge in [-0.2, -0.15) is 11.8 Å². The molecule has 0 unspecified atom stereocenters. The summed E-state index contributed by atoms with van der Waals surface area (Å²) in [5.74, 6) is 2.31. The molecule has 1 aliphatic rings. The van der Waals surface area contributed by atoms with Crippen LogP contribution in [0.1, 0.15) is 12.0 Å². The van der Waals surface area contributed by atoms with Crippen molar-refractivity contribution in [1.82, 2.24) is 10.2 Å². The largest absolute Gasteiger partial charge is 0.379 e. The minimum absolute atomic E-state index is 0.906. The Morgan fingerprint density at radius 1 is 1.10 bits per heavy atom. The molecule has 0 saturated carbocycles. The zero-order chi connectivity index (χ0) is 13.9. The molecule has 2 rings (SSSR count). The second-order valence-corrected chi connectivity index (χ2v) is 6.20. The molecular weight excluding hydrogens is 268 g/mol. The molecule has 0 atom stereocenters. The summed E-state index contributed by atoms with van der Waals surface area (Å²) in [7, 11) is 0. The van der Waals surface area contributed by atoms with Gasteiger partial charge in [0, 0.05) is 31.1 Å². The number of thioether (sulfide) groups is 1. The lowest BCUT2D eigenvalue weighted by Gasteiger charge is -2.26. The van der Waals surface area contributed by atoms with Crippen LogP contribution in [-0.2, 0) is 10.5 Å². The van der Waals surface area contributed by atoms with E-state index in [9.17, 15) is 0 Å². The van der Waals surface area contributed by atoms with Crippen LogP contribution < -0.4 is 5.32 Å². The Bertz CT molecular complexity index is 342. The van der Waals surface area contributed by atoms with Gasteiger partial charge in [0.1, 0.15) is 0 Å². The summed E-state index contributed by atoms with van der Waals surface area (Å²) >= 11 is 2.00. The summed E-state index contributed by atoms with van der Waals surface area (Å²) in [5, 5.41) is 3.53. The van der Waals surface area contributed by atoms with E-state index in [4.69, 9.17) is 4.74 Å². The topological polar surface area (TPSA) is 24.5 Å². The molecule has 1 heterocycles. The lowest BCUT2D eigenvalue weighted by Crippen LogP contribution is -2.37. The fourth-order valence-corrected chi connectivity index (χ4v) is 3.15. The monoisotopic (exact) mass is 294 g/mol. The Morgan fingerprint density at radius 3 is 2.70 bits per heavy atom. The lowest BCUT2D eigenvalue weighted by atomic mass is 10.2. The van der Waals surface area contributed by atoms with Crippen LogP contribution in [0.3, 0.4) is 0 Å². The molecule has 112 valence electrons. The summed E-state index contributed by atoms with van der Waals surface area (Å²) in [6, 6.07) is 10.7. The van der Waals surface area contributed by atoms with Crippen LogP contribution in [0.15, 0.2) is 30.3 Å². The number of benzene rings is 1. The lowest BCUT2D eigenvalue weighted by molar-refractivity contribution is 0.0375. The summed E-state index contributed by atoms with van der Waals surface area (Å²) in [6.45, 7) is 7.46. The fourth-order valence-electron chi connectivity index (χ4n) is 2.29. The van der Waals surface area contributed by atoms with E-state index in [-0.39, 0.29) is 0 Å². The zero-order valence-corrected chi connectivity index (χ0v) is 13.0. The maximum absolute atomic E-state index is 5.35. The number of ether oxygens (including phenoxy) is 1. The fraction of sp³-hybridized carbons (Fsp3) is 0.625. The molecule has 1 N–H and O–H groups in total. The van der Waals surface area contributed by atoms with E-state index in [0.717, 1.165) is 45.1 Å². The predicted octanol–water partition coefficient (Wildman–Crippen LogP) is 2.23. The van der Waals surface area contributed by atoms with Crippen molar-refractivity contribution >= 4 is 11.8 Å². The normalized spacial score (nSPS) is 16.4. The van der Waals surface area contributed by atoms with Crippen molar-refractivity contribution in [2.75, 3.05) is 51.7 Å².